The van der Waals surface area contributed by atoms with Crippen LogP contribution in [0, 0.1) is 0 Å². The molecule has 2 fully saturated rings. The van der Waals surface area contributed by atoms with Crippen molar-refractivity contribution in [1.29, 1.82) is 0 Å². The maximum atomic E-state index is 13.5. The van der Waals surface area contributed by atoms with Crippen LogP contribution in [-0.2, 0) is 11.2 Å². The first-order chi connectivity index (χ1) is 18.3. The van der Waals surface area contributed by atoms with E-state index in [1.165, 1.54) is 9.80 Å². The van der Waals surface area contributed by atoms with Crippen LogP contribution in [0.15, 0.2) is 60.8 Å². The van der Waals surface area contributed by atoms with E-state index < -0.39 is 0 Å². The SMILES string of the molecule is CCc1c(-c2ccc(N3C(=O)CN(C)C3=O)cc2)ccnc1N1CCN(c2cccc(C(=O)NC)c2)C1=O. The molecular formula is C28H28N6O4. The normalized spacial score (nSPS) is 15.6. The number of benzene rings is 2. The molecule has 194 valence electrons. The quantitative estimate of drug-likeness (QED) is 0.509. The molecule has 10 heteroatoms. The first-order valence-corrected chi connectivity index (χ1v) is 12.4. The van der Waals surface area contributed by atoms with E-state index in [9.17, 15) is 19.2 Å². The molecule has 2 aliphatic rings. The van der Waals surface area contributed by atoms with Crippen molar-refractivity contribution in [3.8, 4) is 11.1 Å². The van der Waals surface area contributed by atoms with Gasteiger partial charge in [-0.05, 0) is 53.9 Å². The van der Waals surface area contributed by atoms with Crippen molar-refractivity contribution in [2.45, 2.75) is 13.3 Å². The van der Waals surface area contributed by atoms with Crippen LogP contribution < -0.4 is 20.0 Å². The Morgan fingerprint density at radius 2 is 1.68 bits per heavy atom. The van der Waals surface area contributed by atoms with Gasteiger partial charge in [0.2, 0.25) is 0 Å². The Morgan fingerprint density at radius 1 is 0.947 bits per heavy atom. The van der Waals surface area contributed by atoms with Gasteiger partial charge in [-0.2, -0.15) is 0 Å². The molecule has 2 aromatic carbocycles. The van der Waals surface area contributed by atoms with Crippen LogP contribution in [0.4, 0.5) is 26.8 Å². The molecule has 0 unspecified atom stereocenters. The highest BCUT2D eigenvalue weighted by Gasteiger charge is 2.35. The van der Waals surface area contributed by atoms with E-state index in [1.807, 2.05) is 31.2 Å². The fourth-order valence-corrected chi connectivity index (χ4v) is 4.93. The predicted octanol–water partition coefficient (Wildman–Crippen LogP) is 3.52. The van der Waals surface area contributed by atoms with Gasteiger partial charge in [0.1, 0.15) is 12.4 Å². The number of amides is 6. The van der Waals surface area contributed by atoms with Crippen molar-refractivity contribution >= 4 is 41.1 Å². The Labute approximate surface area is 220 Å². The van der Waals surface area contributed by atoms with E-state index in [0.717, 1.165) is 16.7 Å². The number of imide groups is 1. The van der Waals surface area contributed by atoms with Crippen molar-refractivity contribution < 1.29 is 19.2 Å². The van der Waals surface area contributed by atoms with Crippen LogP contribution in [0.3, 0.4) is 0 Å². The van der Waals surface area contributed by atoms with Gasteiger partial charge in [0.15, 0.2) is 0 Å². The van der Waals surface area contributed by atoms with Gasteiger partial charge in [0, 0.05) is 50.2 Å². The van der Waals surface area contributed by atoms with Gasteiger partial charge < -0.3 is 10.2 Å². The van der Waals surface area contributed by atoms with Crippen LogP contribution >= 0.6 is 0 Å². The minimum atomic E-state index is -0.346. The van der Waals surface area contributed by atoms with E-state index in [1.54, 1.807) is 60.4 Å². The van der Waals surface area contributed by atoms with Crippen molar-refractivity contribution in [3.05, 3.63) is 71.9 Å². The fraction of sp³-hybridized carbons (Fsp3) is 0.250. The van der Waals surface area contributed by atoms with Gasteiger partial charge in [-0.3, -0.25) is 19.4 Å². The molecule has 0 spiro atoms. The molecule has 3 heterocycles. The lowest BCUT2D eigenvalue weighted by Crippen LogP contribution is -2.33. The van der Waals surface area contributed by atoms with Gasteiger partial charge >= 0.3 is 12.1 Å². The highest BCUT2D eigenvalue weighted by atomic mass is 16.2. The largest absolute Gasteiger partial charge is 0.355 e. The summed E-state index contributed by atoms with van der Waals surface area (Å²) in [6.07, 6.45) is 2.33. The zero-order valence-corrected chi connectivity index (χ0v) is 21.5. The summed E-state index contributed by atoms with van der Waals surface area (Å²) in [5.74, 6) is 0.119. The summed E-state index contributed by atoms with van der Waals surface area (Å²) >= 11 is 0. The number of hydrogen-bond donors (Lipinski definition) is 1. The second kappa shape index (κ2) is 9.97. The smallest absolute Gasteiger partial charge is 0.331 e. The lowest BCUT2D eigenvalue weighted by molar-refractivity contribution is -0.116. The van der Waals surface area contributed by atoms with Gasteiger partial charge in [0.05, 0.1) is 5.69 Å². The number of anilines is 3. The molecule has 0 radical (unpaired) electrons. The summed E-state index contributed by atoms with van der Waals surface area (Å²) in [5.41, 5.74) is 4.39. The molecule has 0 atom stereocenters. The molecule has 10 nitrogen and oxygen atoms in total. The summed E-state index contributed by atoms with van der Waals surface area (Å²) in [5, 5.41) is 2.61. The van der Waals surface area contributed by atoms with E-state index in [2.05, 4.69) is 10.3 Å². The highest BCUT2D eigenvalue weighted by molar-refractivity contribution is 6.19. The monoisotopic (exact) mass is 512 g/mol. The van der Waals surface area contributed by atoms with Crippen molar-refractivity contribution in [2.75, 3.05) is 48.4 Å². The third-order valence-corrected chi connectivity index (χ3v) is 6.87. The Hall–Kier alpha value is -4.73. The number of hydrogen-bond acceptors (Lipinski definition) is 5. The summed E-state index contributed by atoms with van der Waals surface area (Å²) < 4.78 is 0. The zero-order valence-electron chi connectivity index (χ0n) is 21.5. The molecule has 38 heavy (non-hydrogen) atoms. The van der Waals surface area contributed by atoms with Gasteiger partial charge in [-0.15, -0.1) is 0 Å². The number of urea groups is 2. The third-order valence-electron chi connectivity index (χ3n) is 6.87. The van der Waals surface area contributed by atoms with Crippen LogP contribution in [-0.4, -0.2) is 67.5 Å². The van der Waals surface area contributed by atoms with E-state index >= 15 is 0 Å². The molecule has 0 bridgehead atoms. The first-order valence-electron chi connectivity index (χ1n) is 12.4. The van der Waals surface area contributed by atoms with Crippen LogP contribution in [0.5, 0.6) is 0 Å². The third kappa shape index (κ3) is 4.23. The Kier molecular flexibility index (Phi) is 6.54. The topological polar surface area (TPSA) is 106 Å². The number of likely N-dealkylation sites (N-methyl/N-ethyl adjacent to an activating group) is 1. The fourth-order valence-electron chi connectivity index (χ4n) is 4.93. The maximum Gasteiger partial charge on any atom is 0.331 e. The molecule has 1 N–H and O–H groups in total. The standard InChI is InChI=1S/C28H28N6O4/c1-4-22-23(18-8-10-20(11-9-18)34-24(35)17-31(3)27(34)37)12-13-30-25(22)33-15-14-32(28(33)38)21-7-5-6-19(16-21)26(36)29-2/h5-13,16H,4,14-15,17H2,1-3H3,(H,29,36). The van der Waals surface area contributed by atoms with E-state index in [0.29, 0.717) is 42.3 Å². The highest BCUT2D eigenvalue weighted by Crippen LogP contribution is 2.34. The molecule has 1 aromatic heterocycles. The minimum Gasteiger partial charge on any atom is -0.355 e. The summed E-state index contributed by atoms with van der Waals surface area (Å²) in [7, 11) is 3.17. The number of aromatic nitrogens is 1. The average molecular weight is 513 g/mol. The molecule has 0 aliphatic carbocycles. The molecule has 6 amide bonds. The van der Waals surface area contributed by atoms with Crippen molar-refractivity contribution in [3.63, 3.8) is 0 Å². The lowest BCUT2D eigenvalue weighted by Gasteiger charge is -2.22. The van der Waals surface area contributed by atoms with Gasteiger partial charge in [-0.25, -0.2) is 19.5 Å². The van der Waals surface area contributed by atoms with E-state index in [-0.39, 0.29) is 30.4 Å². The second-order valence-electron chi connectivity index (χ2n) is 9.14. The van der Waals surface area contributed by atoms with Crippen LogP contribution in [0.2, 0.25) is 0 Å². The van der Waals surface area contributed by atoms with Crippen LogP contribution in [0.25, 0.3) is 11.1 Å². The first kappa shape index (κ1) is 24.9. The average Bonchev–Trinajstić information content (AvgIpc) is 3.45. The summed E-state index contributed by atoms with van der Waals surface area (Å²) in [6.45, 7) is 3.00. The molecule has 3 aromatic rings. The number of rotatable bonds is 6. The minimum absolute atomic E-state index is 0.0608. The maximum absolute atomic E-state index is 13.5. The summed E-state index contributed by atoms with van der Waals surface area (Å²) in [4.78, 5) is 60.6. The van der Waals surface area contributed by atoms with Gasteiger partial charge in [-0.1, -0.05) is 25.1 Å². The van der Waals surface area contributed by atoms with Crippen molar-refractivity contribution in [2.24, 2.45) is 0 Å². The molecule has 5 rings (SSSR count). The summed E-state index contributed by atoms with van der Waals surface area (Å²) in [6, 6.07) is 15.6. The molecule has 0 saturated carbocycles. The Morgan fingerprint density at radius 3 is 2.34 bits per heavy atom. The Balaban J connectivity index is 1.43. The zero-order chi connectivity index (χ0) is 27.0. The molecule has 2 aliphatic heterocycles. The van der Waals surface area contributed by atoms with Crippen LogP contribution in [0.1, 0.15) is 22.8 Å². The number of pyridine rings is 1. The van der Waals surface area contributed by atoms with Gasteiger partial charge in [0.25, 0.3) is 11.8 Å². The number of nitrogens with zero attached hydrogens (tertiary/aromatic N) is 5. The number of carbonyl (C=O) groups excluding carboxylic acids is 4. The number of carbonyl (C=O) groups is 4. The number of nitrogens with one attached hydrogen (secondary N) is 1. The second-order valence-corrected chi connectivity index (χ2v) is 9.14. The Bertz CT molecular complexity index is 1440. The van der Waals surface area contributed by atoms with E-state index in [4.69, 9.17) is 0 Å². The lowest BCUT2D eigenvalue weighted by atomic mass is 9.98. The molecular weight excluding hydrogens is 484 g/mol. The van der Waals surface area contributed by atoms with Crippen molar-refractivity contribution in [1.82, 2.24) is 15.2 Å². The predicted molar refractivity (Wildman–Crippen MR) is 144 cm³/mol. The molecule has 2 saturated heterocycles.